The smallest absolute Gasteiger partial charge is 0.337 e. The van der Waals surface area contributed by atoms with Gasteiger partial charge >= 0.3 is 5.69 Å². The third kappa shape index (κ3) is 4.56. The molecule has 9 nitrogen and oxygen atoms in total. The van der Waals surface area contributed by atoms with Gasteiger partial charge in [0.2, 0.25) is 11.7 Å². The standard InChI is InChI=1S/C30H32N6O3S/c1-18-9-8-10-22(19(18)2)36-27(37)24-26(32-28(40-24)34-15-6-7-16-34)35(29(36)38)17-23-31-25(33-39-23)20-11-13-21(14-12-20)30(3,4)5/h8-14H,6-7,15-17H2,1-5H3. The summed E-state index contributed by atoms with van der Waals surface area (Å²) >= 11 is 1.33. The van der Waals surface area contributed by atoms with Crippen LogP contribution in [0.2, 0.25) is 0 Å². The number of fused-ring (bicyclic) bond motifs is 1. The van der Waals surface area contributed by atoms with Crippen molar-refractivity contribution in [1.29, 1.82) is 0 Å². The summed E-state index contributed by atoms with van der Waals surface area (Å²) in [6, 6.07) is 13.7. The summed E-state index contributed by atoms with van der Waals surface area (Å²) in [5, 5.41) is 4.93. The fourth-order valence-corrected chi connectivity index (χ4v) is 6.14. The molecule has 1 aliphatic rings. The summed E-state index contributed by atoms with van der Waals surface area (Å²) in [6.07, 6.45) is 2.16. The first-order valence-corrected chi connectivity index (χ1v) is 14.3. The van der Waals surface area contributed by atoms with Gasteiger partial charge in [-0.25, -0.2) is 14.3 Å². The van der Waals surface area contributed by atoms with Crippen LogP contribution in [-0.4, -0.2) is 37.3 Å². The highest BCUT2D eigenvalue weighted by Crippen LogP contribution is 2.30. The number of thiazole rings is 1. The van der Waals surface area contributed by atoms with Crippen molar-refractivity contribution in [3.8, 4) is 17.1 Å². The van der Waals surface area contributed by atoms with Gasteiger partial charge in [0, 0.05) is 18.7 Å². The monoisotopic (exact) mass is 556 g/mol. The Hall–Kier alpha value is -4.05. The molecule has 0 radical (unpaired) electrons. The fourth-order valence-electron chi connectivity index (χ4n) is 5.09. The van der Waals surface area contributed by atoms with Crippen LogP contribution in [0.1, 0.15) is 56.2 Å². The van der Waals surface area contributed by atoms with Crippen LogP contribution in [0.5, 0.6) is 0 Å². The zero-order chi connectivity index (χ0) is 28.2. The van der Waals surface area contributed by atoms with E-state index >= 15 is 0 Å². The molecule has 40 heavy (non-hydrogen) atoms. The second kappa shape index (κ2) is 9.85. The first kappa shape index (κ1) is 26.2. The Morgan fingerprint density at radius 1 is 0.975 bits per heavy atom. The van der Waals surface area contributed by atoms with Crippen molar-refractivity contribution in [2.45, 2.75) is 59.4 Å². The predicted octanol–water partition coefficient (Wildman–Crippen LogP) is 5.22. The lowest BCUT2D eigenvalue weighted by molar-refractivity contribution is 0.370. The van der Waals surface area contributed by atoms with E-state index in [0.29, 0.717) is 21.9 Å². The maximum Gasteiger partial charge on any atom is 0.337 e. The topological polar surface area (TPSA) is 99.1 Å². The average Bonchev–Trinajstić information content (AvgIpc) is 3.69. The molecule has 0 saturated carbocycles. The Kier molecular flexibility index (Phi) is 6.45. The highest BCUT2D eigenvalue weighted by molar-refractivity contribution is 7.22. The maximum atomic E-state index is 14.0. The van der Waals surface area contributed by atoms with Gasteiger partial charge in [-0.05, 0) is 54.9 Å². The van der Waals surface area contributed by atoms with Crippen molar-refractivity contribution in [1.82, 2.24) is 24.3 Å². The Morgan fingerprint density at radius 3 is 2.40 bits per heavy atom. The third-order valence-corrected chi connectivity index (χ3v) is 8.73. The molecule has 6 rings (SSSR count). The molecular formula is C30H32N6O3S. The first-order valence-electron chi connectivity index (χ1n) is 13.5. The van der Waals surface area contributed by atoms with Crippen molar-refractivity contribution >= 4 is 26.8 Å². The van der Waals surface area contributed by atoms with E-state index in [1.165, 1.54) is 26.0 Å². The molecule has 1 saturated heterocycles. The third-order valence-electron chi connectivity index (χ3n) is 7.64. The molecule has 0 spiro atoms. The maximum absolute atomic E-state index is 14.0. The molecule has 0 aliphatic carbocycles. The largest absolute Gasteiger partial charge is 0.348 e. The van der Waals surface area contributed by atoms with Gasteiger partial charge < -0.3 is 9.42 Å². The van der Waals surface area contributed by atoms with E-state index in [1.807, 2.05) is 38.1 Å². The molecule has 4 heterocycles. The van der Waals surface area contributed by atoms with Gasteiger partial charge in [0.05, 0.1) is 5.69 Å². The number of benzene rings is 2. The SMILES string of the molecule is Cc1cccc(-n2c(=O)c3sc(N4CCCC4)nc3n(Cc3nc(-c4ccc(C(C)(C)C)cc4)no3)c2=O)c1C. The number of hydrogen-bond acceptors (Lipinski definition) is 8. The molecule has 0 unspecified atom stereocenters. The van der Waals surface area contributed by atoms with Crippen LogP contribution in [0.4, 0.5) is 5.13 Å². The van der Waals surface area contributed by atoms with Crippen molar-refractivity contribution in [3.05, 3.63) is 85.9 Å². The Labute approximate surface area is 235 Å². The molecule has 1 aliphatic heterocycles. The first-order chi connectivity index (χ1) is 19.1. The molecular weight excluding hydrogens is 524 g/mol. The molecule has 10 heteroatoms. The van der Waals surface area contributed by atoms with Crippen molar-refractivity contribution in [2.24, 2.45) is 0 Å². The minimum absolute atomic E-state index is 0.00325. The molecule has 0 amide bonds. The lowest BCUT2D eigenvalue weighted by Gasteiger charge is -2.18. The summed E-state index contributed by atoms with van der Waals surface area (Å²) < 4.78 is 8.77. The second-order valence-electron chi connectivity index (χ2n) is 11.4. The Morgan fingerprint density at radius 2 is 1.70 bits per heavy atom. The average molecular weight is 557 g/mol. The van der Waals surface area contributed by atoms with Gasteiger partial charge in [-0.2, -0.15) is 4.98 Å². The normalized spacial score (nSPS) is 14.0. The summed E-state index contributed by atoms with van der Waals surface area (Å²) in [7, 11) is 0. The Balaban J connectivity index is 1.47. The Bertz CT molecular complexity index is 1830. The van der Waals surface area contributed by atoms with Crippen molar-refractivity contribution in [2.75, 3.05) is 18.0 Å². The van der Waals surface area contributed by atoms with Crippen LogP contribution in [0.3, 0.4) is 0 Å². The van der Waals surface area contributed by atoms with E-state index in [1.54, 1.807) is 6.07 Å². The van der Waals surface area contributed by atoms with Crippen LogP contribution in [-0.2, 0) is 12.0 Å². The van der Waals surface area contributed by atoms with Crippen LogP contribution < -0.4 is 16.1 Å². The molecule has 206 valence electrons. The predicted molar refractivity (Wildman–Crippen MR) is 158 cm³/mol. The second-order valence-corrected chi connectivity index (χ2v) is 12.4. The van der Waals surface area contributed by atoms with Crippen LogP contribution in [0.25, 0.3) is 27.4 Å². The van der Waals surface area contributed by atoms with Gasteiger partial charge in [0.25, 0.3) is 5.56 Å². The van der Waals surface area contributed by atoms with Crippen LogP contribution >= 0.6 is 11.3 Å². The van der Waals surface area contributed by atoms with Gasteiger partial charge in [-0.15, -0.1) is 0 Å². The van der Waals surface area contributed by atoms with Gasteiger partial charge in [0.1, 0.15) is 11.2 Å². The molecule has 2 aromatic carbocycles. The molecule has 1 fully saturated rings. The number of rotatable bonds is 5. The minimum atomic E-state index is -0.487. The summed E-state index contributed by atoms with van der Waals surface area (Å²) in [5.41, 5.74) is 3.99. The van der Waals surface area contributed by atoms with Crippen LogP contribution in [0.15, 0.2) is 56.6 Å². The lowest BCUT2D eigenvalue weighted by atomic mass is 9.87. The highest BCUT2D eigenvalue weighted by atomic mass is 32.1. The quantitative estimate of drug-likeness (QED) is 0.293. The molecule has 0 atom stereocenters. The highest BCUT2D eigenvalue weighted by Gasteiger charge is 2.25. The van der Waals surface area contributed by atoms with E-state index in [-0.39, 0.29) is 23.4 Å². The number of nitrogens with zero attached hydrogens (tertiary/aromatic N) is 6. The molecule has 3 aromatic heterocycles. The minimum Gasteiger partial charge on any atom is -0.348 e. The number of anilines is 1. The van der Waals surface area contributed by atoms with Crippen LogP contribution in [0, 0.1) is 13.8 Å². The van der Waals surface area contributed by atoms with E-state index in [9.17, 15) is 9.59 Å². The number of hydrogen-bond donors (Lipinski definition) is 0. The van der Waals surface area contributed by atoms with E-state index in [0.717, 1.165) is 47.8 Å². The molecule has 0 N–H and O–H groups in total. The van der Waals surface area contributed by atoms with Crippen molar-refractivity contribution < 1.29 is 4.52 Å². The molecule has 0 bridgehead atoms. The zero-order valence-corrected chi connectivity index (χ0v) is 24.2. The summed E-state index contributed by atoms with van der Waals surface area (Å²) in [5.74, 6) is 0.707. The number of aryl methyl sites for hydroxylation is 1. The zero-order valence-electron chi connectivity index (χ0n) is 23.4. The van der Waals surface area contributed by atoms with Gasteiger partial charge in [-0.1, -0.05) is 73.7 Å². The van der Waals surface area contributed by atoms with E-state index in [2.05, 4.69) is 47.9 Å². The summed E-state index contributed by atoms with van der Waals surface area (Å²) in [4.78, 5) is 39.3. The lowest BCUT2D eigenvalue weighted by Crippen LogP contribution is -2.39. The molecule has 5 aromatic rings. The fraction of sp³-hybridized carbons (Fsp3) is 0.367. The van der Waals surface area contributed by atoms with E-state index < -0.39 is 5.69 Å². The van der Waals surface area contributed by atoms with E-state index in [4.69, 9.17) is 9.51 Å². The van der Waals surface area contributed by atoms with Gasteiger partial charge in [0.15, 0.2) is 10.8 Å². The summed E-state index contributed by atoms with van der Waals surface area (Å²) in [6.45, 7) is 12.1. The van der Waals surface area contributed by atoms with Crippen molar-refractivity contribution in [3.63, 3.8) is 0 Å². The van der Waals surface area contributed by atoms with Gasteiger partial charge in [-0.3, -0.25) is 9.36 Å². The number of aromatic nitrogens is 5.